The second kappa shape index (κ2) is 3.82. The van der Waals surface area contributed by atoms with Gasteiger partial charge in [-0.2, -0.15) is 5.10 Å². The number of aromatic amines is 1. The van der Waals surface area contributed by atoms with Crippen molar-refractivity contribution in [3.8, 4) is 0 Å². The van der Waals surface area contributed by atoms with Gasteiger partial charge in [-0.3, -0.25) is 5.10 Å². The Kier molecular flexibility index (Phi) is 2.93. The fraction of sp³-hybridized carbons (Fsp3) is 0.600. The smallest absolute Gasteiger partial charge is 0.339 e. The Morgan fingerprint density at radius 3 is 2.79 bits per heavy atom. The molecular weight excluding hydrogens is 180 g/mol. The number of aromatic nitrogens is 2. The fourth-order valence-electron chi connectivity index (χ4n) is 1.24. The highest BCUT2D eigenvalue weighted by Gasteiger charge is 2.21. The zero-order valence-electron chi connectivity index (χ0n) is 8.79. The molecule has 0 saturated heterocycles. The molecule has 1 aromatic heterocycles. The van der Waals surface area contributed by atoms with Gasteiger partial charge < -0.3 is 5.11 Å². The van der Waals surface area contributed by atoms with E-state index >= 15 is 0 Å². The molecule has 1 heterocycles. The minimum Gasteiger partial charge on any atom is -0.478 e. The van der Waals surface area contributed by atoms with Crippen LogP contribution in [-0.2, 0) is 6.42 Å². The molecule has 0 bridgehead atoms. The quantitative estimate of drug-likeness (QED) is 0.774. The summed E-state index contributed by atoms with van der Waals surface area (Å²) in [7, 11) is 0. The minimum atomic E-state index is -0.916. The molecule has 0 saturated carbocycles. The number of nitrogens with one attached hydrogen (secondary N) is 1. The number of rotatable bonds is 4. The topological polar surface area (TPSA) is 66.0 Å². The second-order valence-electron chi connectivity index (χ2n) is 4.26. The van der Waals surface area contributed by atoms with Crippen LogP contribution in [0.2, 0.25) is 0 Å². The lowest BCUT2D eigenvalue weighted by Crippen LogP contribution is -2.15. The average Bonchev–Trinajstić information content (AvgIpc) is 2.51. The van der Waals surface area contributed by atoms with Crippen LogP contribution < -0.4 is 0 Å². The second-order valence-corrected chi connectivity index (χ2v) is 4.26. The van der Waals surface area contributed by atoms with Crippen molar-refractivity contribution in [2.45, 2.75) is 33.6 Å². The maximum Gasteiger partial charge on any atom is 0.339 e. The molecule has 0 aliphatic carbocycles. The van der Waals surface area contributed by atoms with Crippen molar-refractivity contribution in [1.82, 2.24) is 10.2 Å². The van der Waals surface area contributed by atoms with Gasteiger partial charge >= 0.3 is 5.97 Å². The largest absolute Gasteiger partial charge is 0.478 e. The molecule has 0 aliphatic rings. The van der Waals surface area contributed by atoms with Gasteiger partial charge in [0.25, 0.3) is 0 Å². The third kappa shape index (κ3) is 2.34. The SMILES string of the molecule is CCC(C)(C)Cc1[nH]ncc1C(=O)O. The average molecular weight is 196 g/mol. The molecule has 0 aromatic carbocycles. The molecule has 0 radical (unpaired) electrons. The summed E-state index contributed by atoms with van der Waals surface area (Å²) in [5, 5.41) is 15.4. The number of carbonyl (C=O) groups is 1. The summed E-state index contributed by atoms with van der Waals surface area (Å²) in [6.07, 6.45) is 3.08. The van der Waals surface area contributed by atoms with Gasteiger partial charge in [0.1, 0.15) is 5.56 Å². The van der Waals surface area contributed by atoms with Crippen molar-refractivity contribution >= 4 is 5.97 Å². The molecule has 1 rings (SSSR count). The maximum atomic E-state index is 10.8. The van der Waals surface area contributed by atoms with Crippen molar-refractivity contribution in [3.63, 3.8) is 0 Å². The van der Waals surface area contributed by atoms with Crippen LogP contribution >= 0.6 is 0 Å². The Balaban J connectivity index is 2.86. The molecule has 4 heteroatoms. The first-order chi connectivity index (χ1) is 6.46. The Hall–Kier alpha value is -1.32. The van der Waals surface area contributed by atoms with Crippen molar-refractivity contribution in [2.75, 3.05) is 0 Å². The number of H-pyrrole nitrogens is 1. The van der Waals surface area contributed by atoms with E-state index in [1.165, 1.54) is 6.20 Å². The number of hydrogen-bond donors (Lipinski definition) is 2. The molecule has 1 aromatic rings. The summed E-state index contributed by atoms with van der Waals surface area (Å²) in [5.74, 6) is -0.916. The van der Waals surface area contributed by atoms with Crippen LogP contribution in [0.3, 0.4) is 0 Å². The van der Waals surface area contributed by atoms with E-state index < -0.39 is 5.97 Å². The van der Waals surface area contributed by atoms with Crippen molar-refractivity contribution in [2.24, 2.45) is 5.41 Å². The molecule has 0 fully saturated rings. The van der Waals surface area contributed by atoms with E-state index in [0.29, 0.717) is 12.1 Å². The summed E-state index contributed by atoms with van der Waals surface area (Å²) < 4.78 is 0. The van der Waals surface area contributed by atoms with E-state index in [9.17, 15) is 4.79 Å². The Bertz CT molecular complexity index is 329. The lowest BCUT2D eigenvalue weighted by atomic mass is 9.84. The molecule has 0 unspecified atom stereocenters. The minimum absolute atomic E-state index is 0.108. The van der Waals surface area contributed by atoms with Crippen LogP contribution in [0.15, 0.2) is 6.20 Å². The number of hydrogen-bond acceptors (Lipinski definition) is 2. The van der Waals surface area contributed by atoms with Crippen molar-refractivity contribution in [3.05, 3.63) is 17.5 Å². The number of carboxylic acids is 1. The van der Waals surface area contributed by atoms with Crippen molar-refractivity contribution in [1.29, 1.82) is 0 Å². The van der Waals surface area contributed by atoms with Crippen LogP contribution in [0, 0.1) is 5.41 Å². The van der Waals surface area contributed by atoms with Gasteiger partial charge in [-0.25, -0.2) is 4.79 Å². The highest BCUT2D eigenvalue weighted by Crippen LogP contribution is 2.25. The third-order valence-electron chi connectivity index (χ3n) is 2.56. The lowest BCUT2D eigenvalue weighted by molar-refractivity contribution is 0.0695. The summed E-state index contributed by atoms with van der Waals surface area (Å²) in [4.78, 5) is 10.8. The maximum absolute atomic E-state index is 10.8. The van der Waals surface area contributed by atoms with E-state index in [0.717, 1.165) is 6.42 Å². The van der Waals surface area contributed by atoms with Gasteiger partial charge in [-0.15, -0.1) is 0 Å². The number of nitrogens with zero attached hydrogens (tertiary/aromatic N) is 1. The van der Waals surface area contributed by atoms with Gasteiger partial charge in [0.2, 0.25) is 0 Å². The van der Waals surface area contributed by atoms with Gasteiger partial charge in [-0.05, 0) is 11.8 Å². The van der Waals surface area contributed by atoms with E-state index in [2.05, 4.69) is 31.0 Å². The zero-order valence-corrected chi connectivity index (χ0v) is 8.79. The summed E-state index contributed by atoms with van der Waals surface area (Å²) >= 11 is 0. The van der Waals surface area contributed by atoms with Gasteiger partial charge in [-0.1, -0.05) is 27.2 Å². The molecule has 0 spiro atoms. The highest BCUT2D eigenvalue weighted by atomic mass is 16.4. The standard InChI is InChI=1S/C10H16N2O2/c1-4-10(2,3)5-8-7(9(13)14)6-11-12-8/h6H,4-5H2,1-3H3,(H,11,12)(H,13,14). The highest BCUT2D eigenvalue weighted by molar-refractivity contribution is 5.88. The first-order valence-electron chi connectivity index (χ1n) is 4.72. The van der Waals surface area contributed by atoms with Gasteiger partial charge in [0.15, 0.2) is 0 Å². The van der Waals surface area contributed by atoms with E-state index in [-0.39, 0.29) is 11.0 Å². The summed E-state index contributed by atoms with van der Waals surface area (Å²) in [6, 6.07) is 0. The number of carboxylic acid groups (broad SMARTS) is 1. The zero-order chi connectivity index (χ0) is 10.8. The predicted molar refractivity (Wildman–Crippen MR) is 53.3 cm³/mol. The molecule has 78 valence electrons. The number of aromatic carboxylic acids is 1. The van der Waals surface area contributed by atoms with Gasteiger partial charge in [0, 0.05) is 0 Å². The van der Waals surface area contributed by atoms with E-state index in [1.54, 1.807) is 0 Å². The molecule has 0 amide bonds. The van der Waals surface area contributed by atoms with Crippen LogP contribution in [0.25, 0.3) is 0 Å². The molecule has 2 N–H and O–H groups in total. The molecule has 4 nitrogen and oxygen atoms in total. The normalized spacial score (nSPS) is 11.6. The van der Waals surface area contributed by atoms with Crippen LogP contribution in [0.5, 0.6) is 0 Å². The van der Waals surface area contributed by atoms with Crippen LogP contribution in [-0.4, -0.2) is 21.3 Å². The molecular formula is C10H16N2O2. The Labute approximate surface area is 83.3 Å². The predicted octanol–water partition coefficient (Wildman–Crippen LogP) is 2.09. The Morgan fingerprint density at radius 1 is 1.64 bits per heavy atom. The molecule has 0 aliphatic heterocycles. The lowest BCUT2D eigenvalue weighted by Gasteiger charge is -2.21. The third-order valence-corrected chi connectivity index (χ3v) is 2.56. The van der Waals surface area contributed by atoms with Crippen LogP contribution in [0.4, 0.5) is 0 Å². The van der Waals surface area contributed by atoms with Crippen molar-refractivity contribution < 1.29 is 9.90 Å². The van der Waals surface area contributed by atoms with Gasteiger partial charge in [0.05, 0.1) is 11.9 Å². The van der Waals surface area contributed by atoms with E-state index in [1.807, 2.05) is 0 Å². The first kappa shape index (κ1) is 10.8. The molecule has 14 heavy (non-hydrogen) atoms. The molecule has 0 atom stereocenters. The summed E-state index contributed by atoms with van der Waals surface area (Å²) in [6.45, 7) is 6.32. The fourth-order valence-corrected chi connectivity index (χ4v) is 1.24. The monoisotopic (exact) mass is 196 g/mol. The first-order valence-corrected chi connectivity index (χ1v) is 4.72. The van der Waals surface area contributed by atoms with E-state index in [4.69, 9.17) is 5.11 Å². The van der Waals surface area contributed by atoms with Crippen LogP contribution in [0.1, 0.15) is 43.2 Å². The summed E-state index contributed by atoms with van der Waals surface area (Å²) in [5.41, 5.74) is 1.10. The Morgan fingerprint density at radius 2 is 2.29 bits per heavy atom.